The summed E-state index contributed by atoms with van der Waals surface area (Å²) in [6.45, 7) is 6.38. The first-order valence-corrected chi connectivity index (χ1v) is 12.5. The van der Waals surface area contributed by atoms with Crippen LogP contribution in [0.25, 0.3) is 33.1 Å². The highest BCUT2D eigenvalue weighted by Crippen LogP contribution is 2.36. The molecule has 4 rings (SSSR count). The van der Waals surface area contributed by atoms with Gasteiger partial charge >= 0.3 is 6.09 Å². The quantitative estimate of drug-likeness (QED) is 0.171. The molecule has 0 aliphatic heterocycles. The molecule has 2 heterocycles. The molecule has 0 atom stereocenters. The number of benzene rings is 2. The van der Waals surface area contributed by atoms with Gasteiger partial charge in [-0.15, -0.1) is 0 Å². The summed E-state index contributed by atoms with van der Waals surface area (Å²) in [5, 5.41) is 4.47. The van der Waals surface area contributed by atoms with Crippen molar-refractivity contribution in [3.05, 3.63) is 60.3 Å². The van der Waals surface area contributed by atoms with Crippen LogP contribution in [0.3, 0.4) is 0 Å². The topological polar surface area (TPSA) is 101 Å². The summed E-state index contributed by atoms with van der Waals surface area (Å²) < 4.78 is 12.6. The van der Waals surface area contributed by atoms with Crippen LogP contribution in [-0.2, 0) is 14.5 Å². The average Bonchev–Trinajstić information content (AvgIpc) is 3.24. The number of carbonyl (C=O) groups excluding carboxylic acids is 2. The Bertz CT molecular complexity index is 1440. The van der Waals surface area contributed by atoms with E-state index in [0.29, 0.717) is 35.6 Å². The molecule has 38 heavy (non-hydrogen) atoms. The molecule has 0 aliphatic rings. The lowest BCUT2D eigenvalue weighted by molar-refractivity contribution is -0.272. The molecule has 0 fully saturated rings. The summed E-state index contributed by atoms with van der Waals surface area (Å²) in [4.78, 5) is 40.9. The van der Waals surface area contributed by atoms with Gasteiger partial charge < -0.3 is 14.8 Å². The van der Waals surface area contributed by atoms with Crippen LogP contribution in [0.15, 0.2) is 54.6 Å². The summed E-state index contributed by atoms with van der Waals surface area (Å²) in [7, 11) is 3.06. The number of fused-ring (bicyclic) bond motifs is 3. The highest BCUT2D eigenvalue weighted by molar-refractivity contribution is 6.17. The number of nitrogens with zero attached hydrogens (tertiary/aromatic N) is 2. The highest BCUT2D eigenvalue weighted by atomic mass is 17.2. The third-order valence-electron chi connectivity index (χ3n) is 5.88. The van der Waals surface area contributed by atoms with Crippen LogP contribution in [0, 0.1) is 0 Å². The van der Waals surface area contributed by atoms with E-state index in [0.717, 1.165) is 29.2 Å². The molecule has 0 radical (unpaired) electrons. The second-order valence-electron chi connectivity index (χ2n) is 9.77. The van der Waals surface area contributed by atoms with Crippen molar-refractivity contribution in [2.45, 2.75) is 39.2 Å². The second-order valence-corrected chi connectivity index (χ2v) is 9.77. The van der Waals surface area contributed by atoms with E-state index >= 15 is 0 Å². The minimum Gasteiger partial charge on any atom is -0.497 e. The molecule has 2 aromatic carbocycles. The van der Waals surface area contributed by atoms with E-state index in [1.165, 1.54) is 7.11 Å². The van der Waals surface area contributed by atoms with Crippen LogP contribution >= 0.6 is 0 Å². The lowest BCUT2D eigenvalue weighted by atomic mass is 10.1. The van der Waals surface area contributed by atoms with Crippen molar-refractivity contribution in [3.8, 4) is 17.0 Å². The Labute approximate surface area is 221 Å². The molecule has 200 valence electrons. The van der Waals surface area contributed by atoms with E-state index in [-0.39, 0.29) is 11.6 Å². The molecule has 1 amide bonds. The fourth-order valence-corrected chi connectivity index (χ4v) is 4.21. The first kappa shape index (κ1) is 27.1. The number of aromatic nitrogens is 2. The number of para-hydroxylation sites is 1. The Balaban J connectivity index is 1.86. The maximum Gasteiger partial charge on any atom is 0.419 e. The first-order valence-electron chi connectivity index (χ1n) is 12.5. The van der Waals surface area contributed by atoms with Gasteiger partial charge in [0.1, 0.15) is 17.0 Å². The molecule has 1 N–H and O–H groups in total. The van der Waals surface area contributed by atoms with Gasteiger partial charge in [-0.1, -0.05) is 18.2 Å². The third-order valence-corrected chi connectivity index (χ3v) is 5.88. The van der Waals surface area contributed by atoms with Gasteiger partial charge in [0.2, 0.25) is 0 Å². The molecule has 0 bridgehead atoms. The van der Waals surface area contributed by atoms with E-state index in [9.17, 15) is 9.59 Å². The standard InChI is InChI=1S/C29H33N3O6/c1-29(2,3)38-28(34)32-24-11-7-6-10-21(24)22-18-23(27(33)30-16-8-9-17-37-36-5)31-25(26(22)32)19-12-14-20(35-4)15-13-19/h6-7,10-15,18H,8-9,16-17H2,1-5H3,(H,30,33). The van der Waals surface area contributed by atoms with Crippen LogP contribution in [0.5, 0.6) is 5.75 Å². The van der Waals surface area contributed by atoms with Crippen molar-refractivity contribution in [3.63, 3.8) is 0 Å². The van der Waals surface area contributed by atoms with Gasteiger partial charge in [0.05, 0.1) is 37.6 Å². The number of methoxy groups -OCH3 is 1. The van der Waals surface area contributed by atoms with Crippen LogP contribution in [0.2, 0.25) is 0 Å². The van der Waals surface area contributed by atoms with Crippen LogP contribution in [0.4, 0.5) is 4.79 Å². The zero-order valence-corrected chi connectivity index (χ0v) is 22.4. The van der Waals surface area contributed by atoms with Crippen molar-refractivity contribution in [2.24, 2.45) is 0 Å². The normalized spacial score (nSPS) is 11.6. The van der Waals surface area contributed by atoms with Crippen molar-refractivity contribution < 1.29 is 28.8 Å². The number of amides is 1. The summed E-state index contributed by atoms with van der Waals surface area (Å²) in [5.74, 6) is 0.382. The number of ether oxygens (including phenoxy) is 2. The van der Waals surface area contributed by atoms with Crippen LogP contribution in [0.1, 0.15) is 44.1 Å². The molecule has 0 saturated heterocycles. The predicted molar refractivity (Wildman–Crippen MR) is 145 cm³/mol. The maximum absolute atomic E-state index is 13.5. The Hall–Kier alpha value is -3.95. The summed E-state index contributed by atoms with van der Waals surface area (Å²) in [6.07, 6.45) is 0.942. The van der Waals surface area contributed by atoms with E-state index in [2.05, 4.69) is 10.2 Å². The first-order chi connectivity index (χ1) is 18.2. The maximum atomic E-state index is 13.5. The Kier molecular flexibility index (Phi) is 8.29. The smallest absolute Gasteiger partial charge is 0.419 e. The van der Waals surface area contributed by atoms with Gasteiger partial charge in [-0.25, -0.2) is 24.1 Å². The number of carbonyl (C=O) groups is 2. The summed E-state index contributed by atoms with van der Waals surface area (Å²) >= 11 is 0. The molecule has 2 aromatic heterocycles. The summed E-state index contributed by atoms with van der Waals surface area (Å²) in [6, 6.07) is 16.6. The monoisotopic (exact) mass is 519 g/mol. The van der Waals surface area contributed by atoms with Gasteiger partial charge in [0.25, 0.3) is 5.91 Å². The predicted octanol–water partition coefficient (Wildman–Crippen LogP) is 5.74. The molecular weight excluding hydrogens is 486 g/mol. The second kappa shape index (κ2) is 11.6. The van der Waals surface area contributed by atoms with Crippen LogP contribution in [-0.4, -0.2) is 54.5 Å². The van der Waals surface area contributed by atoms with Crippen LogP contribution < -0.4 is 10.1 Å². The SMILES string of the molecule is COOCCCCNC(=O)c1cc2c3ccccc3n(C(=O)OC(C)(C)C)c2c(-c2ccc(OC)cc2)n1. The number of rotatable bonds is 9. The number of unbranched alkanes of at least 4 members (excludes halogenated alkanes) is 1. The lowest BCUT2D eigenvalue weighted by Crippen LogP contribution is -2.27. The molecule has 0 spiro atoms. The third kappa shape index (κ3) is 5.95. The number of nitrogens with one attached hydrogen (secondary N) is 1. The Morgan fingerprint density at radius 3 is 2.39 bits per heavy atom. The number of hydrogen-bond acceptors (Lipinski definition) is 7. The van der Waals surface area contributed by atoms with Gasteiger partial charge in [-0.2, -0.15) is 0 Å². The molecular formula is C29H33N3O6. The largest absolute Gasteiger partial charge is 0.497 e. The number of pyridine rings is 1. The molecule has 4 aromatic rings. The summed E-state index contributed by atoms with van der Waals surface area (Å²) in [5.41, 5.74) is 2.02. The van der Waals surface area contributed by atoms with E-state index in [1.54, 1.807) is 17.7 Å². The minimum absolute atomic E-state index is 0.253. The van der Waals surface area contributed by atoms with E-state index in [4.69, 9.17) is 19.3 Å². The lowest BCUT2D eigenvalue weighted by Gasteiger charge is -2.20. The minimum atomic E-state index is -0.698. The molecule has 9 nitrogen and oxygen atoms in total. The molecule has 9 heteroatoms. The molecule has 0 unspecified atom stereocenters. The van der Waals surface area contributed by atoms with Crippen molar-refractivity contribution in [1.82, 2.24) is 14.9 Å². The van der Waals surface area contributed by atoms with Crippen molar-refractivity contribution in [1.29, 1.82) is 0 Å². The van der Waals surface area contributed by atoms with Crippen molar-refractivity contribution >= 4 is 33.8 Å². The number of hydrogen-bond donors (Lipinski definition) is 1. The molecule has 0 saturated carbocycles. The van der Waals surface area contributed by atoms with Gasteiger partial charge in [0.15, 0.2) is 0 Å². The van der Waals surface area contributed by atoms with Gasteiger partial charge in [-0.05, 0) is 70.0 Å². The Morgan fingerprint density at radius 2 is 1.71 bits per heavy atom. The fraction of sp³-hybridized carbons (Fsp3) is 0.345. The highest BCUT2D eigenvalue weighted by Gasteiger charge is 2.26. The van der Waals surface area contributed by atoms with Gasteiger partial charge in [0, 0.05) is 22.9 Å². The fourth-order valence-electron chi connectivity index (χ4n) is 4.21. The average molecular weight is 520 g/mol. The zero-order chi connectivity index (χ0) is 27.3. The van der Waals surface area contributed by atoms with E-state index < -0.39 is 11.7 Å². The van der Waals surface area contributed by atoms with Crippen molar-refractivity contribution in [2.75, 3.05) is 27.4 Å². The zero-order valence-electron chi connectivity index (χ0n) is 22.4. The Morgan fingerprint density at radius 1 is 0.974 bits per heavy atom. The van der Waals surface area contributed by atoms with E-state index in [1.807, 2.05) is 69.3 Å². The van der Waals surface area contributed by atoms with Gasteiger partial charge in [-0.3, -0.25) is 4.79 Å². The molecule has 0 aliphatic carbocycles.